The van der Waals surface area contributed by atoms with Gasteiger partial charge >= 0.3 is 35.7 Å². The Labute approximate surface area is 145 Å². The molecule has 0 saturated carbocycles. The first-order chi connectivity index (χ1) is 9.58. The molecule has 2 aromatic rings. The average molecular weight is 314 g/mol. The first-order valence-electron chi connectivity index (χ1n) is 5.86. The molecule has 0 spiro atoms. The topological polar surface area (TPSA) is 72.5 Å². The SMILES string of the molecule is O=C(NS(=O)(=O)c1ccccc1)OCc1ccccc1.[Na+]. The summed E-state index contributed by atoms with van der Waals surface area (Å²) in [5.41, 5.74) is 0.778. The average Bonchev–Trinajstić information content (AvgIpc) is 2.47. The number of carbonyl (C=O) groups is 1. The molecule has 2 aromatic carbocycles. The van der Waals surface area contributed by atoms with Crippen LogP contribution in [0.25, 0.3) is 0 Å². The molecular weight excluding hydrogens is 301 g/mol. The van der Waals surface area contributed by atoms with Crippen LogP contribution in [0.2, 0.25) is 0 Å². The second-order valence-electron chi connectivity index (χ2n) is 3.98. The van der Waals surface area contributed by atoms with Gasteiger partial charge in [-0.15, -0.1) is 0 Å². The minimum atomic E-state index is -3.89. The fourth-order valence-electron chi connectivity index (χ4n) is 1.52. The van der Waals surface area contributed by atoms with E-state index in [9.17, 15) is 13.2 Å². The van der Waals surface area contributed by atoms with E-state index in [1.807, 2.05) is 10.8 Å². The van der Waals surface area contributed by atoms with E-state index in [2.05, 4.69) is 0 Å². The van der Waals surface area contributed by atoms with Crippen LogP contribution in [0.5, 0.6) is 0 Å². The number of amides is 1. The molecule has 0 radical (unpaired) electrons. The van der Waals surface area contributed by atoms with Gasteiger partial charge in [0.2, 0.25) is 0 Å². The molecule has 1 amide bonds. The number of ether oxygens (including phenoxy) is 1. The van der Waals surface area contributed by atoms with Gasteiger partial charge in [-0.3, -0.25) is 0 Å². The molecule has 0 unspecified atom stereocenters. The number of hydrogen-bond donors (Lipinski definition) is 1. The third-order valence-corrected chi connectivity index (χ3v) is 3.81. The van der Waals surface area contributed by atoms with Crippen LogP contribution in [0, 0.1) is 0 Å². The summed E-state index contributed by atoms with van der Waals surface area (Å²) < 4.78 is 30.4. The van der Waals surface area contributed by atoms with Crippen molar-refractivity contribution in [3.05, 3.63) is 66.2 Å². The zero-order valence-corrected chi connectivity index (χ0v) is 14.3. The molecule has 0 fully saturated rings. The quantitative estimate of drug-likeness (QED) is 0.758. The molecule has 5 nitrogen and oxygen atoms in total. The molecule has 0 aromatic heterocycles. The first-order valence-corrected chi connectivity index (χ1v) is 7.35. The molecular formula is C14H13NNaO4S+. The second-order valence-corrected chi connectivity index (χ2v) is 5.66. The number of nitrogens with one attached hydrogen (secondary N) is 1. The third-order valence-electron chi connectivity index (χ3n) is 2.48. The maximum absolute atomic E-state index is 11.8. The summed E-state index contributed by atoms with van der Waals surface area (Å²) in [4.78, 5) is 11.5. The summed E-state index contributed by atoms with van der Waals surface area (Å²) in [6, 6.07) is 16.6. The molecule has 0 heterocycles. The molecule has 1 N–H and O–H groups in total. The van der Waals surface area contributed by atoms with E-state index >= 15 is 0 Å². The predicted molar refractivity (Wildman–Crippen MR) is 73.4 cm³/mol. The number of benzene rings is 2. The molecule has 0 saturated heterocycles. The van der Waals surface area contributed by atoms with Crippen LogP contribution in [0.4, 0.5) is 4.79 Å². The van der Waals surface area contributed by atoms with Crippen molar-refractivity contribution in [3.63, 3.8) is 0 Å². The molecule has 7 heteroatoms. The van der Waals surface area contributed by atoms with E-state index < -0.39 is 16.1 Å². The maximum Gasteiger partial charge on any atom is 1.00 e. The van der Waals surface area contributed by atoms with Crippen LogP contribution in [0.15, 0.2) is 65.6 Å². The van der Waals surface area contributed by atoms with E-state index in [4.69, 9.17) is 4.74 Å². The second kappa shape index (κ2) is 8.19. The van der Waals surface area contributed by atoms with Crippen molar-refractivity contribution in [2.45, 2.75) is 11.5 Å². The Morgan fingerprint density at radius 1 is 0.952 bits per heavy atom. The van der Waals surface area contributed by atoms with Crippen molar-refractivity contribution in [1.29, 1.82) is 0 Å². The molecule has 0 aliphatic carbocycles. The summed E-state index contributed by atoms with van der Waals surface area (Å²) in [6.45, 7) is 0.0109. The molecule has 0 aliphatic heterocycles. The molecule has 104 valence electrons. The van der Waals surface area contributed by atoms with Crippen LogP contribution in [-0.4, -0.2) is 14.5 Å². The van der Waals surface area contributed by atoms with Crippen molar-refractivity contribution in [3.8, 4) is 0 Å². The van der Waals surface area contributed by atoms with Gasteiger partial charge in [-0.05, 0) is 17.7 Å². The molecule has 0 atom stereocenters. The summed E-state index contributed by atoms with van der Waals surface area (Å²) in [7, 11) is -3.89. The Morgan fingerprint density at radius 3 is 2.05 bits per heavy atom. The smallest absolute Gasteiger partial charge is 0.444 e. The zero-order chi connectivity index (χ0) is 14.4. The minimum absolute atomic E-state index is 0. The van der Waals surface area contributed by atoms with Gasteiger partial charge in [-0.2, -0.15) is 0 Å². The van der Waals surface area contributed by atoms with Gasteiger partial charge in [0.25, 0.3) is 10.0 Å². The van der Waals surface area contributed by atoms with Crippen molar-refractivity contribution in [1.82, 2.24) is 4.72 Å². The van der Waals surface area contributed by atoms with Crippen molar-refractivity contribution >= 4 is 16.1 Å². The van der Waals surface area contributed by atoms with Crippen LogP contribution in [0.1, 0.15) is 5.56 Å². The van der Waals surface area contributed by atoms with Gasteiger partial charge in [-0.25, -0.2) is 17.9 Å². The third kappa shape index (κ3) is 5.51. The number of carbonyl (C=O) groups excluding carboxylic acids is 1. The number of rotatable bonds is 4. The summed E-state index contributed by atoms with van der Waals surface area (Å²) in [5, 5.41) is 0. The van der Waals surface area contributed by atoms with Crippen LogP contribution in [-0.2, 0) is 21.4 Å². The number of hydrogen-bond acceptors (Lipinski definition) is 4. The van der Waals surface area contributed by atoms with E-state index in [1.54, 1.807) is 42.5 Å². The van der Waals surface area contributed by atoms with Crippen LogP contribution >= 0.6 is 0 Å². The number of sulfonamides is 1. The fourth-order valence-corrected chi connectivity index (χ4v) is 2.43. The predicted octanol–water partition coefficient (Wildman–Crippen LogP) is -0.694. The summed E-state index contributed by atoms with van der Waals surface area (Å²) in [6.07, 6.45) is -1.00. The standard InChI is InChI=1S/C14H13NO4S.Na/c16-14(19-11-12-7-3-1-4-8-12)15-20(17,18)13-9-5-2-6-10-13;/h1-10H,11H2,(H,15,16);/q;+1. The Hall–Kier alpha value is -1.34. The van der Waals surface area contributed by atoms with E-state index in [-0.39, 0.29) is 41.1 Å². The van der Waals surface area contributed by atoms with Crippen LogP contribution < -0.4 is 34.3 Å². The van der Waals surface area contributed by atoms with E-state index in [0.717, 1.165) is 5.56 Å². The monoisotopic (exact) mass is 314 g/mol. The normalized spacial score (nSPS) is 10.3. The molecule has 21 heavy (non-hydrogen) atoms. The minimum Gasteiger partial charge on any atom is -0.444 e. The van der Waals surface area contributed by atoms with Gasteiger partial charge in [0.1, 0.15) is 6.61 Å². The summed E-state index contributed by atoms with van der Waals surface area (Å²) >= 11 is 0. The van der Waals surface area contributed by atoms with Crippen molar-refractivity contribution in [2.24, 2.45) is 0 Å². The Morgan fingerprint density at radius 2 is 1.48 bits per heavy atom. The van der Waals surface area contributed by atoms with Gasteiger partial charge in [0, 0.05) is 0 Å². The van der Waals surface area contributed by atoms with Gasteiger partial charge in [0.15, 0.2) is 0 Å². The molecule has 0 bridgehead atoms. The maximum atomic E-state index is 11.8. The Bertz CT molecular complexity index is 675. The largest absolute Gasteiger partial charge is 1.00 e. The molecule has 0 aliphatic rings. The van der Waals surface area contributed by atoms with Gasteiger partial charge in [-0.1, -0.05) is 48.5 Å². The summed E-state index contributed by atoms with van der Waals surface area (Å²) in [5.74, 6) is 0. The van der Waals surface area contributed by atoms with Crippen LogP contribution in [0.3, 0.4) is 0 Å². The fraction of sp³-hybridized carbons (Fsp3) is 0.0714. The zero-order valence-electron chi connectivity index (χ0n) is 11.5. The van der Waals surface area contributed by atoms with Crippen molar-refractivity contribution < 1.29 is 47.5 Å². The first kappa shape index (κ1) is 17.7. The van der Waals surface area contributed by atoms with Crippen molar-refractivity contribution in [2.75, 3.05) is 0 Å². The Kier molecular flexibility index (Phi) is 6.91. The molecule has 2 rings (SSSR count). The van der Waals surface area contributed by atoms with Gasteiger partial charge in [0.05, 0.1) is 4.90 Å². The van der Waals surface area contributed by atoms with Gasteiger partial charge < -0.3 is 4.74 Å². The Balaban J connectivity index is 0.00000220. The van der Waals surface area contributed by atoms with E-state index in [0.29, 0.717) is 0 Å². The van der Waals surface area contributed by atoms with E-state index in [1.165, 1.54) is 12.1 Å².